The van der Waals surface area contributed by atoms with Crippen LogP contribution in [-0.2, 0) is 4.74 Å². The molecule has 2 aromatic carbocycles. The van der Waals surface area contributed by atoms with Gasteiger partial charge in [0.1, 0.15) is 12.4 Å². The SMILES string of the molecule is COC(=O)c1cccc(C)c1NCCOc1cccc(C)c1. The molecule has 22 heavy (non-hydrogen) atoms. The van der Waals surface area contributed by atoms with Gasteiger partial charge in [-0.15, -0.1) is 0 Å². The highest BCUT2D eigenvalue weighted by Crippen LogP contribution is 2.21. The van der Waals surface area contributed by atoms with Gasteiger partial charge in [-0.2, -0.15) is 0 Å². The quantitative estimate of drug-likeness (QED) is 0.654. The van der Waals surface area contributed by atoms with Gasteiger partial charge in [-0.05, 0) is 43.2 Å². The first kappa shape index (κ1) is 15.9. The lowest BCUT2D eigenvalue weighted by Crippen LogP contribution is -2.15. The number of methoxy groups -OCH3 is 1. The average molecular weight is 299 g/mol. The lowest BCUT2D eigenvalue weighted by atomic mass is 10.1. The summed E-state index contributed by atoms with van der Waals surface area (Å²) in [4.78, 5) is 11.8. The number of para-hydroxylation sites is 1. The predicted molar refractivity (Wildman–Crippen MR) is 87.7 cm³/mol. The summed E-state index contributed by atoms with van der Waals surface area (Å²) in [6, 6.07) is 13.5. The van der Waals surface area contributed by atoms with E-state index in [1.54, 1.807) is 6.07 Å². The van der Waals surface area contributed by atoms with E-state index >= 15 is 0 Å². The molecular weight excluding hydrogens is 278 g/mol. The fraction of sp³-hybridized carbons (Fsp3) is 0.278. The van der Waals surface area contributed by atoms with Crippen LogP contribution in [0, 0.1) is 13.8 Å². The molecule has 0 heterocycles. The summed E-state index contributed by atoms with van der Waals surface area (Å²) >= 11 is 0. The van der Waals surface area contributed by atoms with Crippen LogP contribution in [0.5, 0.6) is 5.75 Å². The number of anilines is 1. The zero-order valence-electron chi connectivity index (χ0n) is 13.2. The van der Waals surface area contributed by atoms with Crippen LogP contribution in [0.15, 0.2) is 42.5 Å². The summed E-state index contributed by atoms with van der Waals surface area (Å²) in [5.74, 6) is 0.505. The van der Waals surface area contributed by atoms with E-state index in [0.29, 0.717) is 18.7 Å². The van der Waals surface area contributed by atoms with Crippen LogP contribution in [0.1, 0.15) is 21.5 Å². The van der Waals surface area contributed by atoms with Crippen molar-refractivity contribution in [1.82, 2.24) is 0 Å². The Morgan fingerprint density at radius 2 is 1.91 bits per heavy atom. The molecule has 0 unspecified atom stereocenters. The molecule has 0 spiro atoms. The maximum Gasteiger partial charge on any atom is 0.339 e. The molecule has 0 aliphatic heterocycles. The summed E-state index contributed by atoms with van der Waals surface area (Å²) in [6.45, 7) is 5.10. The van der Waals surface area contributed by atoms with Crippen LogP contribution in [0.3, 0.4) is 0 Å². The van der Waals surface area contributed by atoms with Crippen molar-refractivity contribution in [3.05, 3.63) is 59.2 Å². The second-order valence-electron chi connectivity index (χ2n) is 5.08. The number of esters is 1. The third-order valence-electron chi connectivity index (χ3n) is 3.34. The minimum absolute atomic E-state index is 0.342. The van der Waals surface area contributed by atoms with Crippen LogP contribution >= 0.6 is 0 Å². The molecule has 0 amide bonds. The lowest BCUT2D eigenvalue weighted by molar-refractivity contribution is 0.0601. The summed E-state index contributed by atoms with van der Waals surface area (Å²) in [6.07, 6.45) is 0. The van der Waals surface area contributed by atoms with Gasteiger partial charge in [-0.25, -0.2) is 4.79 Å². The Morgan fingerprint density at radius 3 is 2.64 bits per heavy atom. The Hall–Kier alpha value is -2.49. The number of ether oxygens (including phenoxy) is 2. The van der Waals surface area contributed by atoms with Gasteiger partial charge >= 0.3 is 5.97 Å². The topological polar surface area (TPSA) is 47.6 Å². The van der Waals surface area contributed by atoms with E-state index in [2.05, 4.69) is 5.32 Å². The summed E-state index contributed by atoms with van der Waals surface area (Å²) < 4.78 is 10.5. The maximum absolute atomic E-state index is 11.8. The van der Waals surface area contributed by atoms with E-state index in [9.17, 15) is 4.79 Å². The number of carbonyl (C=O) groups is 1. The number of aryl methyl sites for hydroxylation is 2. The highest BCUT2D eigenvalue weighted by Gasteiger charge is 2.12. The van der Waals surface area contributed by atoms with Gasteiger partial charge in [-0.1, -0.05) is 24.3 Å². The van der Waals surface area contributed by atoms with Crippen molar-refractivity contribution in [2.24, 2.45) is 0 Å². The zero-order chi connectivity index (χ0) is 15.9. The molecule has 0 radical (unpaired) electrons. The molecule has 2 aromatic rings. The third-order valence-corrected chi connectivity index (χ3v) is 3.34. The molecule has 1 N–H and O–H groups in total. The first-order chi connectivity index (χ1) is 10.6. The lowest BCUT2D eigenvalue weighted by Gasteiger charge is -2.14. The Kier molecular flexibility index (Phi) is 5.42. The first-order valence-electron chi connectivity index (χ1n) is 7.23. The fourth-order valence-corrected chi connectivity index (χ4v) is 2.23. The molecule has 116 valence electrons. The summed E-state index contributed by atoms with van der Waals surface area (Å²) in [7, 11) is 1.38. The van der Waals surface area contributed by atoms with Crippen LogP contribution in [-0.4, -0.2) is 26.2 Å². The van der Waals surface area contributed by atoms with Gasteiger partial charge in [0.05, 0.1) is 18.4 Å². The monoisotopic (exact) mass is 299 g/mol. The van der Waals surface area contributed by atoms with Crippen molar-refractivity contribution >= 4 is 11.7 Å². The van der Waals surface area contributed by atoms with Crippen molar-refractivity contribution in [2.75, 3.05) is 25.6 Å². The Bertz CT molecular complexity index is 653. The number of hydrogen-bond acceptors (Lipinski definition) is 4. The van der Waals surface area contributed by atoms with Crippen LogP contribution in [0.4, 0.5) is 5.69 Å². The van der Waals surface area contributed by atoms with Crippen molar-refractivity contribution in [3.63, 3.8) is 0 Å². The zero-order valence-corrected chi connectivity index (χ0v) is 13.2. The summed E-state index contributed by atoms with van der Waals surface area (Å²) in [5.41, 5.74) is 3.50. The number of benzene rings is 2. The van der Waals surface area contributed by atoms with E-state index in [1.165, 1.54) is 7.11 Å². The maximum atomic E-state index is 11.8. The number of carbonyl (C=O) groups excluding carboxylic acids is 1. The minimum atomic E-state index is -0.342. The van der Waals surface area contributed by atoms with Crippen molar-refractivity contribution in [1.29, 1.82) is 0 Å². The molecule has 4 nitrogen and oxygen atoms in total. The van der Waals surface area contributed by atoms with E-state index < -0.39 is 0 Å². The normalized spacial score (nSPS) is 10.1. The molecule has 0 saturated heterocycles. The highest BCUT2D eigenvalue weighted by molar-refractivity contribution is 5.96. The third kappa shape index (κ3) is 4.01. The van der Waals surface area contributed by atoms with Gasteiger partial charge in [-0.3, -0.25) is 0 Å². The molecule has 0 fully saturated rings. The molecule has 0 aliphatic carbocycles. The minimum Gasteiger partial charge on any atom is -0.492 e. The van der Waals surface area contributed by atoms with Crippen molar-refractivity contribution < 1.29 is 14.3 Å². The van der Waals surface area contributed by atoms with Gasteiger partial charge in [0, 0.05) is 6.54 Å². The molecule has 4 heteroatoms. The highest BCUT2D eigenvalue weighted by atomic mass is 16.5. The van der Waals surface area contributed by atoms with E-state index in [-0.39, 0.29) is 5.97 Å². The standard InChI is InChI=1S/C18H21NO3/c1-13-6-4-8-15(12-13)22-11-10-19-17-14(2)7-5-9-16(17)18(20)21-3/h4-9,12,19H,10-11H2,1-3H3. The molecule has 2 rings (SSSR count). The van der Waals surface area contributed by atoms with Crippen LogP contribution in [0.2, 0.25) is 0 Å². The molecule has 0 atom stereocenters. The predicted octanol–water partition coefficient (Wildman–Crippen LogP) is 3.58. The Labute approximate surface area is 131 Å². The van der Waals surface area contributed by atoms with Crippen LogP contribution < -0.4 is 10.1 Å². The number of nitrogens with one attached hydrogen (secondary N) is 1. The smallest absolute Gasteiger partial charge is 0.339 e. The van der Waals surface area contributed by atoms with Gasteiger partial charge in [0.2, 0.25) is 0 Å². The molecule has 0 aromatic heterocycles. The van der Waals surface area contributed by atoms with Crippen molar-refractivity contribution in [3.8, 4) is 5.75 Å². The van der Waals surface area contributed by atoms with Gasteiger partial charge in [0.25, 0.3) is 0 Å². The Morgan fingerprint density at radius 1 is 1.14 bits per heavy atom. The van der Waals surface area contributed by atoms with E-state index in [1.807, 2.05) is 50.2 Å². The second-order valence-corrected chi connectivity index (χ2v) is 5.08. The average Bonchev–Trinajstić information content (AvgIpc) is 2.52. The first-order valence-corrected chi connectivity index (χ1v) is 7.23. The molecule has 0 bridgehead atoms. The van der Waals surface area contributed by atoms with Crippen molar-refractivity contribution in [2.45, 2.75) is 13.8 Å². The number of rotatable bonds is 6. The molecule has 0 aliphatic rings. The van der Waals surface area contributed by atoms with Gasteiger partial charge < -0.3 is 14.8 Å². The van der Waals surface area contributed by atoms with E-state index in [4.69, 9.17) is 9.47 Å². The number of hydrogen-bond donors (Lipinski definition) is 1. The van der Waals surface area contributed by atoms with Crippen LogP contribution in [0.25, 0.3) is 0 Å². The van der Waals surface area contributed by atoms with Gasteiger partial charge in [0.15, 0.2) is 0 Å². The summed E-state index contributed by atoms with van der Waals surface area (Å²) in [5, 5.41) is 3.26. The second kappa shape index (κ2) is 7.50. The fourth-order valence-electron chi connectivity index (χ4n) is 2.23. The van der Waals surface area contributed by atoms with E-state index in [0.717, 1.165) is 22.6 Å². The molecular formula is C18H21NO3. The largest absolute Gasteiger partial charge is 0.492 e. The Balaban J connectivity index is 1.96. The molecule has 0 saturated carbocycles.